The largest absolute Gasteiger partial charge is 0.350 e. The van der Waals surface area contributed by atoms with Gasteiger partial charge in [-0.25, -0.2) is 8.42 Å². The van der Waals surface area contributed by atoms with E-state index in [0.717, 1.165) is 11.9 Å². The Hall–Kier alpha value is -1.37. The zero-order chi connectivity index (χ0) is 11.3. The highest BCUT2D eigenvalue weighted by Crippen LogP contribution is 1.92. The normalized spacial score (nSPS) is 11.3. The van der Waals surface area contributed by atoms with Gasteiger partial charge >= 0.3 is 0 Å². The van der Waals surface area contributed by atoms with Crippen molar-refractivity contribution in [3.8, 4) is 0 Å². The molecule has 0 atom stereocenters. The van der Waals surface area contributed by atoms with Crippen LogP contribution in [0, 0.1) is 0 Å². The van der Waals surface area contributed by atoms with Crippen molar-refractivity contribution in [2.24, 2.45) is 0 Å². The molecule has 0 aromatic carbocycles. The molecule has 1 aromatic rings. The summed E-state index contributed by atoms with van der Waals surface area (Å²) in [6, 6.07) is 1.73. The fourth-order valence-electron chi connectivity index (χ4n) is 0.943. The van der Waals surface area contributed by atoms with Gasteiger partial charge in [0.1, 0.15) is 9.84 Å². The van der Waals surface area contributed by atoms with E-state index in [4.69, 9.17) is 0 Å². The maximum absolute atomic E-state index is 11.2. The van der Waals surface area contributed by atoms with Crippen molar-refractivity contribution >= 4 is 15.7 Å². The molecule has 84 valence electrons. The molecule has 0 saturated heterocycles. The summed E-state index contributed by atoms with van der Waals surface area (Å²) < 4.78 is 21.5. The molecule has 0 radical (unpaired) electrons. The summed E-state index contributed by atoms with van der Waals surface area (Å²) in [6.45, 7) is 0.336. The Morgan fingerprint density at radius 3 is 2.87 bits per heavy atom. The van der Waals surface area contributed by atoms with Crippen LogP contribution in [-0.4, -0.2) is 36.5 Å². The summed E-state index contributed by atoms with van der Waals surface area (Å²) in [7, 11) is -3.07. The molecule has 6 nitrogen and oxygen atoms in total. The van der Waals surface area contributed by atoms with Gasteiger partial charge in [-0.2, -0.15) is 5.10 Å². The lowest BCUT2D eigenvalue weighted by atomic mass is 10.4. The van der Waals surface area contributed by atoms with E-state index in [1.807, 2.05) is 0 Å². The summed E-state index contributed by atoms with van der Waals surface area (Å²) in [6.07, 6.45) is 2.68. The third-order valence-corrected chi connectivity index (χ3v) is 2.68. The molecule has 1 rings (SSSR count). The third kappa shape index (κ3) is 5.16. The van der Waals surface area contributed by atoms with Crippen molar-refractivity contribution in [2.75, 3.05) is 12.0 Å². The monoisotopic (exact) mass is 231 g/mol. The first-order valence-corrected chi connectivity index (χ1v) is 6.46. The van der Waals surface area contributed by atoms with Gasteiger partial charge in [-0.3, -0.25) is 9.89 Å². The number of carbonyl (C=O) groups is 1. The molecule has 1 amide bonds. The highest BCUT2D eigenvalue weighted by molar-refractivity contribution is 7.90. The van der Waals surface area contributed by atoms with Gasteiger partial charge in [0.25, 0.3) is 0 Å². The van der Waals surface area contributed by atoms with Crippen LogP contribution in [0.5, 0.6) is 0 Å². The van der Waals surface area contributed by atoms with Crippen molar-refractivity contribution in [2.45, 2.75) is 13.0 Å². The molecule has 0 aliphatic carbocycles. The number of aromatic nitrogens is 2. The highest BCUT2D eigenvalue weighted by atomic mass is 32.2. The molecule has 0 aliphatic heterocycles. The van der Waals surface area contributed by atoms with Crippen molar-refractivity contribution in [1.82, 2.24) is 15.5 Å². The number of H-pyrrole nitrogens is 1. The lowest BCUT2D eigenvalue weighted by Crippen LogP contribution is -2.25. The number of nitrogens with one attached hydrogen (secondary N) is 2. The van der Waals surface area contributed by atoms with Crippen LogP contribution in [0.3, 0.4) is 0 Å². The van der Waals surface area contributed by atoms with Crippen LogP contribution in [0.1, 0.15) is 12.1 Å². The van der Waals surface area contributed by atoms with Gasteiger partial charge < -0.3 is 5.32 Å². The molecule has 2 N–H and O–H groups in total. The maximum atomic E-state index is 11.2. The topological polar surface area (TPSA) is 91.9 Å². The van der Waals surface area contributed by atoms with Gasteiger partial charge in [-0.1, -0.05) is 0 Å². The number of rotatable bonds is 5. The minimum atomic E-state index is -3.07. The average Bonchev–Trinajstić information content (AvgIpc) is 2.62. The van der Waals surface area contributed by atoms with Gasteiger partial charge in [0, 0.05) is 18.9 Å². The zero-order valence-corrected chi connectivity index (χ0v) is 9.17. The number of nitrogens with zero attached hydrogens (tertiary/aromatic N) is 1. The van der Waals surface area contributed by atoms with E-state index in [-0.39, 0.29) is 18.1 Å². The second kappa shape index (κ2) is 4.92. The second-order valence-corrected chi connectivity index (χ2v) is 5.50. The van der Waals surface area contributed by atoms with Crippen molar-refractivity contribution < 1.29 is 13.2 Å². The molecule has 0 unspecified atom stereocenters. The first-order chi connectivity index (χ1) is 6.97. The number of amides is 1. The number of hydrogen-bond acceptors (Lipinski definition) is 4. The lowest BCUT2D eigenvalue weighted by Gasteiger charge is -2.02. The van der Waals surface area contributed by atoms with E-state index in [1.54, 1.807) is 12.3 Å². The highest BCUT2D eigenvalue weighted by Gasteiger charge is 2.07. The van der Waals surface area contributed by atoms with Crippen LogP contribution in [-0.2, 0) is 21.2 Å². The minimum absolute atomic E-state index is 0.00697. The molecule has 15 heavy (non-hydrogen) atoms. The van der Waals surface area contributed by atoms with E-state index < -0.39 is 9.84 Å². The van der Waals surface area contributed by atoms with E-state index >= 15 is 0 Å². The fraction of sp³-hybridized carbons (Fsp3) is 0.500. The molecule has 1 aromatic heterocycles. The van der Waals surface area contributed by atoms with Crippen LogP contribution in [0.2, 0.25) is 0 Å². The smallest absolute Gasteiger partial charge is 0.221 e. The summed E-state index contributed by atoms with van der Waals surface area (Å²) in [5.74, 6) is -0.406. The predicted molar refractivity (Wildman–Crippen MR) is 54.8 cm³/mol. The Labute approximate surface area is 88.0 Å². The molecular formula is C8H13N3O3S. The Kier molecular flexibility index (Phi) is 3.84. The molecule has 1 heterocycles. The molecule has 0 saturated carbocycles. The Bertz CT molecular complexity index is 410. The van der Waals surface area contributed by atoms with Crippen LogP contribution < -0.4 is 5.32 Å². The average molecular weight is 231 g/mol. The van der Waals surface area contributed by atoms with Gasteiger partial charge in [0.05, 0.1) is 18.0 Å². The SMILES string of the molecule is CS(=O)(=O)CCC(=O)NCc1ccn[nH]1. The lowest BCUT2D eigenvalue weighted by molar-refractivity contribution is -0.120. The maximum Gasteiger partial charge on any atom is 0.221 e. The van der Waals surface area contributed by atoms with E-state index in [1.165, 1.54) is 0 Å². The molecular weight excluding hydrogens is 218 g/mol. The summed E-state index contributed by atoms with van der Waals surface area (Å²) in [5, 5.41) is 8.98. The molecule has 0 spiro atoms. The molecule has 0 bridgehead atoms. The molecule has 7 heteroatoms. The first-order valence-electron chi connectivity index (χ1n) is 4.40. The summed E-state index contributed by atoms with van der Waals surface area (Å²) in [5.41, 5.74) is 0.780. The Morgan fingerprint density at radius 1 is 1.60 bits per heavy atom. The zero-order valence-electron chi connectivity index (χ0n) is 8.36. The van der Waals surface area contributed by atoms with Crippen LogP contribution >= 0.6 is 0 Å². The van der Waals surface area contributed by atoms with E-state index in [9.17, 15) is 13.2 Å². The number of carbonyl (C=O) groups excluding carboxylic acids is 1. The third-order valence-electron chi connectivity index (χ3n) is 1.73. The standard InChI is InChI=1S/C8H13N3O3S/c1-15(13,14)5-3-8(12)9-6-7-2-4-10-11-7/h2,4H,3,5-6H2,1H3,(H,9,12)(H,10,11). The second-order valence-electron chi connectivity index (χ2n) is 3.24. The number of hydrogen-bond donors (Lipinski definition) is 2. The number of sulfone groups is 1. The van der Waals surface area contributed by atoms with Gasteiger partial charge in [-0.15, -0.1) is 0 Å². The van der Waals surface area contributed by atoms with Crippen LogP contribution in [0.25, 0.3) is 0 Å². The van der Waals surface area contributed by atoms with Crippen LogP contribution in [0.4, 0.5) is 0 Å². The first kappa shape index (κ1) is 11.7. The van der Waals surface area contributed by atoms with Gasteiger partial charge in [-0.05, 0) is 6.07 Å². The Balaban J connectivity index is 2.25. The van der Waals surface area contributed by atoms with E-state index in [2.05, 4.69) is 15.5 Å². The fourth-order valence-corrected chi connectivity index (χ4v) is 1.50. The van der Waals surface area contributed by atoms with Gasteiger partial charge in [0.15, 0.2) is 0 Å². The summed E-state index contributed by atoms with van der Waals surface area (Å²) in [4.78, 5) is 11.2. The predicted octanol–water partition coefficient (Wildman–Crippen LogP) is -0.539. The summed E-state index contributed by atoms with van der Waals surface area (Å²) >= 11 is 0. The van der Waals surface area contributed by atoms with Crippen molar-refractivity contribution in [3.05, 3.63) is 18.0 Å². The van der Waals surface area contributed by atoms with Crippen molar-refractivity contribution in [3.63, 3.8) is 0 Å². The number of aromatic amines is 1. The van der Waals surface area contributed by atoms with Crippen molar-refractivity contribution in [1.29, 1.82) is 0 Å². The van der Waals surface area contributed by atoms with E-state index in [0.29, 0.717) is 6.54 Å². The van der Waals surface area contributed by atoms with Crippen LogP contribution in [0.15, 0.2) is 12.3 Å². The minimum Gasteiger partial charge on any atom is -0.350 e. The quantitative estimate of drug-likeness (QED) is 0.712. The molecule has 0 fully saturated rings. The Morgan fingerprint density at radius 2 is 2.33 bits per heavy atom. The molecule has 0 aliphatic rings. The van der Waals surface area contributed by atoms with Gasteiger partial charge in [0.2, 0.25) is 5.91 Å².